The Balaban J connectivity index is 0.941. The lowest BCUT2D eigenvalue weighted by molar-refractivity contribution is 0.662. The third kappa shape index (κ3) is 6.02. The highest BCUT2D eigenvalue weighted by Crippen LogP contribution is 2.53. The molecule has 0 amide bonds. The summed E-state index contributed by atoms with van der Waals surface area (Å²) in [7, 11) is 0. The minimum absolute atomic E-state index is 0.168. The highest BCUT2D eigenvalue weighted by atomic mass is 14.9. The van der Waals surface area contributed by atoms with Crippen LogP contribution in [-0.4, -0.2) is 15.0 Å². The molecular weight excluding hydrogens is 715 g/mol. The van der Waals surface area contributed by atoms with E-state index in [1.54, 1.807) is 0 Å². The molecule has 0 atom stereocenters. The number of para-hydroxylation sites is 1. The first-order valence-corrected chi connectivity index (χ1v) is 20.3. The Hall–Kier alpha value is -7.49. The first-order chi connectivity index (χ1) is 29.0. The van der Waals surface area contributed by atoms with Gasteiger partial charge in [0.25, 0.3) is 0 Å². The number of hydrogen-bond donors (Lipinski definition) is 0. The van der Waals surface area contributed by atoms with Crippen molar-refractivity contribution in [1.29, 1.82) is 0 Å². The van der Waals surface area contributed by atoms with Crippen LogP contribution in [0.5, 0.6) is 0 Å². The van der Waals surface area contributed by atoms with E-state index in [2.05, 4.69) is 202 Å². The van der Waals surface area contributed by atoms with E-state index in [0.29, 0.717) is 5.82 Å². The summed E-state index contributed by atoms with van der Waals surface area (Å²) in [6.07, 6.45) is 0. The SMILES string of the molecule is CC1(C)c2ccccc2-c2nc3ccccc3c(-c3ccc(-c4ccc5cc(-c6cc(-c7ccccc7)nc(-c7ccc(-c8ccccc8)cc7)n6)ccc5c4)cc3)c21. The average molecular weight is 754 g/mol. The molecule has 8 aromatic carbocycles. The summed E-state index contributed by atoms with van der Waals surface area (Å²) < 4.78 is 0. The largest absolute Gasteiger partial charge is 0.247 e. The summed E-state index contributed by atoms with van der Waals surface area (Å²) in [6.45, 7) is 4.67. The zero-order valence-electron chi connectivity index (χ0n) is 32.9. The molecule has 1 aliphatic rings. The number of nitrogens with zero attached hydrogens (tertiary/aromatic N) is 3. The number of aromatic nitrogens is 3. The number of rotatable bonds is 6. The monoisotopic (exact) mass is 753 g/mol. The Kier molecular flexibility index (Phi) is 8.16. The van der Waals surface area contributed by atoms with Crippen LogP contribution in [-0.2, 0) is 5.41 Å². The second kappa shape index (κ2) is 13.9. The van der Waals surface area contributed by atoms with Crippen molar-refractivity contribution in [2.24, 2.45) is 0 Å². The van der Waals surface area contributed by atoms with Crippen LogP contribution >= 0.6 is 0 Å². The van der Waals surface area contributed by atoms with Gasteiger partial charge in [0.2, 0.25) is 0 Å². The van der Waals surface area contributed by atoms with Gasteiger partial charge >= 0.3 is 0 Å². The maximum Gasteiger partial charge on any atom is 0.160 e. The molecule has 0 aliphatic heterocycles. The first-order valence-electron chi connectivity index (χ1n) is 20.3. The van der Waals surface area contributed by atoms with Crippen molar-refractivity contribution in [1.82, 2.24) is 15.0 Å². The number of pyridine rings is 1. The minimum Gasteiger partial charge on any atom is -0.247 e. The van der Waals surface area contributed by atoms with Crippen molar-refractivity contribution < 1.29 is 0 Å². The highest BCUT2D eigenvalue weighted by molar-refractivity contribution is 6.02. The molecule has 0 bridgehead atoms. The molecule has 1 aliphatic carbocycles. The number of benzene rings is 8. The van der Waals surface area contributed by atoms with Crippen molar-refractivity contribution >= 4 is 21.7 Å². The first kappa shape index (κ1) is 34.7. The molecule has 3 heteroatoms. The number of hydrogen-bond acceptors (Lipinski definition) is 3. The van der Waals surface area contributed by atoms with Crippen molar-refractivity contribution in [3.8, 4) is 78.5 Å². The van der Waals surface area contributed by atoms with E-state index in [1.807, 2.05) is 12.1 Å². The topological polar surface area (TPSA) is 38.7 Å². The van der Waals surface area contributed by atoms with Crippen molar-refractivity contribution in [2.75, 3.05) is 0 Å². The van der Waals surface area contributed by atoms with Crippen LogP contribution in [0.4, 0.5) is 0 Å². The van der Waals surface area contributed by atoms with Gasteiger partial charge in [-0.1, -0.05) is 190 Å². The summed E-state index contributed by atoms with van der Waals surface area (Å²) in [5.41, 5.74) is 17.9. The van der Waals surface area contributed by atoms with E-state index in [1.165, 1.54) is 60.8 Å². The van der Waals surface area contributed by atoms with Crippen LogP contribution in [0.25, 0.3) is 100 Å². The van der Waals surface area contributed by atoms with Gasteiger partial charge in [0.15, 0.2) is 5.82 Å². The van der Waals surface area contributed by atoms with E-state index in [-0.39, 0.29) is 5.41 Å². The zero-order chi connectivity index (χ0) is 39.5. The Morgan fingerprint density at radius 2 is 0.881 bits per heavy atom. The predicted octanol–water partition coefficient (Wildman–Crippen LogP) is 14.5. The average Bonchev–Trinajstić information content (AvgIpc) is 3.53. The van der Waals surface area contributed by atoms with Gasteiger partial charge in [-0.2, -0.15) is 0 Å². The summed E-state index contributed by atoms with van der Waals surface area (Å²) >= 11 is 0. The van der Waals surface area contributed by atoms with E-state index < -0.39 is 0 Å². The lowest BCUT2D eigenvalue weighted by Gasteiger charge is -2.25. The van der Waals surface area contributed by atoms with Crippen molar-refractivity contribution in [3.05, 3.63) is 211 Å². The van der Waals surface area contributed by atoms with Crippen LogP contribution in [0.1, 0.15) is 25.0 Å². The number of fused-ring (bicyclic) bond motifs is 5. The van der Waals surface area contributed by atoms with E-state index >= 15 is 0 Å². The molecule has 0 saturated carbocycles. The smallest absolute Gasteiger partial charge is 0.160 e. The van der Waals surface area contributed by atoms with Crippen molar-refractivity contribution in [2.45, 2.75) is 19.3 Å². The fourth-order valence-corrected chi connectivity index (χ4v) is 9.02. The molecule has 0 radical (unpaired) electrons. The molecule has 0 fully saturated rings. The van der Waals surface area contributed by atoms with Crippen LogP contribution < -0.4 is 0 Å². The molecule has 2 aromatic heterocycles. The molecule has 0 saturated heterocycles. The normalized spacial score (nSPS) is 12.7. The van der Waals surface area contributed by atoms with Gasteiger partial charge in [-0.3, -0.25) is 0 Å². The fraction of sp³-hybridized carbons (Fsp3) is 0.0536. The molecule has 10 aromatic rings. The van der Waals surface area contributed by atoms with Gasteiger partial charge in [-0.15, -0.1) is 0 Å². The zero-order valence-corrected chi connectivity index (χ0v) is 32.9. The third-order valence-electron chi connectivity index (χ3n) is 12.1. The summed E-state index contributed by atoms with van der Waals surface area (Å²) in [5, 5.41) is 3.54. The molecule has 0 N–H and O–H groups in total. The lowest BCUT2D eigenvalue weighted by Crippen LogP contribution is -2.16. The summed E-state index contributed by atoms with van der Waals surface area (Å²) in [5.74, 6) is 0.706. The van der Waals surface area contributed by atoms with E-state index in [4.69, 9.17) is 15.0 Å². The maximum atomic E-state index is 5.24. The summed E-state index contributed by atoms with van der Waals surface area (Å²) in [4.78, 5) is 15.5. The third-order valence-corrected chi connectivity index (χ3v) is 12.1. The molecule has 2 heterocycles. The second-order valence-corrected chi connectivity index (χ2v) is 16.0. The van der Waals surface area contributed by atoms with Gasteiger partial charge in [-0.25, -0.2) is 15.0 Å². The minimum atomic E-state index is -0.168. The van der Waals surface area contributed by atoms with Gasteiger partial charge in [-0.05, 0) is 79.5 Å². The van der Waals surface area contributed by atoms with Gasteiger partial charge in [0, 0.05) is 33.1 Å². The van der Waals surface area contributed by atoms with Gasteiger partial charge < -0.3 is 0 Å². The van der Waals surface area contributed by atoms with Crippen LogP contribution in [0, 0.1) is 0 Å². The molecule has 278 valence electrons. The van der Waals surface area contributed by atoms with Gasteiger partial charge in [0.1, 0.15) is 0 Å². The van der Waals surface area contributed by atoms with Crippen molar-refractivity contribution in [3.63, 3.8) is 0 Å². The predicted molar refractivity (Wildman–Crippen MR) is 245 cm³/mol. The lowest BCUT2D eigenvalue weighted by atomic mass is 9.78. The Morgan fingerprint density at radius 1 is 0.373 bits per heavy atom. The van der Waals surface area contributed by atoms with Crippen LogP contribution in [0.3, 0.4) is 0 Å². The van der Waals surface area contributed by atoms with Crippen LogP contribution in [0.15, 0.2) is 200 Å². The molecule has 59 heavy (non-hydrogen) atoms. The van der Waals surface area contributed by atoms with E-state index in [9.17, 15) is 0 Å². The maximum absolute atomic E-state index is 5.24. The quantitative estimate of drug-likeness (QED) is 0.170. The Labute approximate surface area is 344 Å². The molecule has 11 rings (SSSR count). The van der Waals surface area contributed by atoms with Crippen LogP contribution in [0.2, 0.25) is 0 Å². The van der Waals surface area contributed by atoms with E-state index in [0.717, 1.165) is 44.7 Å². The second-order valence-electron chi connectivity index (χ2n) is 16.0. The summed E-state index contributed by atoms with van der Waals surface area (Å²) in [6, 6.07) is 71.3. The molecule has 3 nitrogen and oxygen atoms in total. The fourth-order valence-electron chi connectivity index (χ4n) is 9.02. The molecular formula is C56H39N3. The Bertz CT molecular complexity index is 3200. The highest BCUT2D eigenvalue weighted by Gasteiger charge is 2.39. The molecule has 0 unspecified atom stereocenters. The molecule has 0 spiro atoms. The Morgan fingerprint density at radius 3 is 1.61 bits per heavy atom. The van der Waals surface area contributed by atoms with Gasteiger partial charge in [0.05, 0.1) is 22.6 Å². The standard InChI is InChI=1S/C56H39N3/c1-56(2)48-19-11-9-17-46(48)54-53(56)52(47-18-10-12-20-49(47)57-54)40-25-21-38(22-26-40)42-29-30-44-34-45(32-31-43(44)33-42)51-35-50(39-15-7-4-8-16-39)58-55(59-51)41-27-23-37(24-28-41)36-13-5-3-6-14-36/h3-35H,1-2H3.